The molecule has 0 aromatic heterocycles. The smallest absolute Gasteiger partial charge is 0.269 e. The quantitative estimate of drug-likeness (QED) is 0.569. The van der Waals surface area contributed by atoms with E-state index >= 15 is 0 Å². The molecule has 0 spiro atoms. The normalized spacial score (nSPS) is 20.1. The van der Waals surface area contributed by atoms with Crippen molar-refractivity contribution in [3.8, 4) is 0 Å². The molecule has 1 heterocycles. The summed E-state index contributed by atoms with van der Waals surface area (Å²) in [7, 11) is -3.96. The molecule has 1 saturated heterocycles. The number of piperazine rings is 1. The molecule has 0 unspecified atom stereocenters. The minimum Gasteiger partial charge on any atom is -0.339 e. The van der Waals surface area contributed by atoms with Gasteiger partial charge in [0.15, 0.2) is 0 Å². The Morgan fingerprint density at radius 2 is 1.73 bits per heavy atom. The van der Waals surface area contributed by atoms with Crippen molar-refractivity contribution in [1.29, 1.82) is 0 Å². The first-order valence-corrected chi connectivity index (χ1v) is 10.1. The summed E-state index contributed by atoms with van der Waals surface area (Å²) in [5.41, 5.74) is -1.31. The van der Waals surface area contributed by atoms with Gasteiger partial charge in [-0.3, -0.25) is 14.9 Å². The molecule has 1 aliphatic heterocycles. The Kier molecular flexibility index (Phi) is 5.26. The molecule has 26 heavy (non-hydrogen) atoms. The summed E-state index contributed by atoms with van der Waals surface area (Å²) in [4.78, 5) is 24.8. The number of benzene rings is 1. The van der Waals surface area contributed by atoms with Crippen molar-refractivity contribution in [2.45, 2.75) is 36.1 Å². The summed E-state index contributed by atoms with van der Waals surface area (Å²) in [6.07, 6.45) is 2.48. The minimum absolute atomic E-state index is 0.0810. The van der Waals surface area contributed by atoms with E-state index in [0.717, 1.165) is 25.0 Å². The lowest BCUT2D eigenvalue weighted by atomic mass is 9.97. The van der Waals surface area contributed by atoms with Crippen LogP contribution in [0.25, 0.3) is 0 Å². The molecule has 10 heteroatoms. The molecule has 2 aliphatic rings. The van der Waals surface area contributed by atoms with Crippen LogP contribution in [-0.2, 0) is 14.8 Å². The van der Waals surface area contributed by atoms with Gasteiger partial charge in [0.25, 0.3) is 5.69 Å². The van der Waals surface area contributed by atoms with Gasteiger partial charge in [0.2, 0.25) is 15.9 Å². The highest BCUT2D eigenvalue weighted by Crippen LogP contribution is 2.33. The first-order chi connectivity index (χ1) is 12.3. The van der Waals surface area contributed by atoms with E-state index in [0.29, 0.717) is 39.0 Å². The summed E-state index contributed by atoms with van der Waals surface area (Å²) < 4.78 is 28.2. The van der Waals surface area contributed by atoms with E-state index in [1.807, 2.05) is 0 Å². The summed E-state index contributed by atoms with van der Waals surface area (Å²) >= 11 is 0. The van der Waals surface area contributed by atoms with E-state index in [-0.39, 0.29) is 16.5 Å². The van der Waals surface area contributed by atoms with E-state index in [1.54, 1.807) is 4.90 Å². The fourth-order valence-corrected chi connectivity index (χ4v) is 4.99. The van der Waals surface area contributed by atoms with Crippen LogP contribution in [0.4, 0.5) is 5.69 Å². The standard InChI is InChI=1S/C16H22N4O5S/c21-15(19-11-9-17-10-12-19)16(7-1-2-8-16)18-26(24,25)14-5-3-13(4-6-14)20(22)23/h3-6,17-18H,1-2,7-12H2. The van der Waals surface area contributed by atoms with Gasteiger partial charge in [0.05, 0.1) is 9.82 Å². The summed E-state index contributed by atoms with van der Waals surface area (Å²) in [6.45, 7) is 2.49. The lowest BCUT2D eigenvalue weighted by molar-refractivity contribution is -0.384. The molecule has 1 aromatic rings. The zero-order valence-electron chi connectivity index (χ0n) is 14.3. The fourth-order valence-electron chi connectivity index (χ4n) is 3.57. The number of nitrogens with zero attached hydrogens (tertiary/aromatic N) is 2. The molecule has 0 atom stereocenters. The van der Waals surface area contributed by atoms with Gasteiger partial charge in [-0.15, -0.1) is 0 Å². The number of carbonyl (C=O) groups is 1. The first kappa shape index (κ1) is 18.7. The molecular weight excluding hydrogens is 360 g/mol. The van der Waals surface area contributed by atoms with Crippen molar-refractivity contribution in [2.75, 3.05) is 26.2 Å². The first-order valence-electron chi connectivity index (χ1n) is 8.63. The maximum atomic E-state index is 13.1. The average molecular weight is 382 g/mol. The Hall–Kier alpha value is -2.04. The van der Waals surface area contributed by atoms with Crippen molar-refractivity contribution >= 4 is 21.6 Å². The number of hydrogen-bond donors (Lipinski definition) is 2. The van der Waals surface area contributed by atoms with Crippen molar-refractivity contribution in [3.05, 3.63) is 34.4 Å². The van der Waals surface area contributed by atoms with Crippen LogP contribution in [0.1, 0.15) is 25.7 Å². The highest BCUT2D eigenvalue weighted by atomic mass is 32.2. The van der Waals surface area contributed by atoms with Crippen LogP contribution in [0.5, 0.6) is 0 Å². The molecule has 0 radical (unpaired) electrons. The molecule has 2 N–H and O–H groups in total. The number of nitrogens with one attached hydrogen (secondary N) is 2. The number of amides is 1. The highest BCUT2D eigenvalue weighted by molar-refractivity contribution is 7.89. The molecule has 1 amide bonds. The third-order valence-electron chi connectivity index (χ3n) is 4.96. The molecule has 3 rings (SSSR count). The predicted molar refractivity (Wildman–Crippen MR) is 94.1 cm³/mol. The molecule has 1 saturated carbocycles. The van der Waals surface area contributed by atoms with Crippen molar-refractivity contribution < 1.29 is 18.1 Å². The molecular formula is C16H22N4O5S. The van der Waals surface area contributed by atoms with Crippen molar-refractivity contribution in [1.82, 2.24) is 14.9 Å². The van der Waals surface area contributed by atoms with Gasteiger partial charge in [0.1, 0.15) is 5.54 Å². The van der Waals surface area contributed by atoms with Gasteiger partial charge in [-0.1, -0.05) is 12.8 Å². The van der Waals surface area contributed by atoms with E-state index in [4.69, 9.17) is 0 Å². The van der Waals surface area contributed by atoms with Gasteiger partial charge < -0.3 is 10.2 Å². The second-order valence-electron chi connectivity index (χ2n) is 6.69. The predicted octanol–water partition coefficient (Wildman–Crippen LogP) is 0.618. The number of hydrogen-bond acceptors (Lipinski definition) is 6. The zero-order valence-corrected chi connectivity index (χ0v) is 15.1. The molecule has 0 bridgehead atoms. The topological polar surface area (TPSA) is 122 Å². The fraction of sp³-hybridized carbons (Fsp3) is 0.562. The maximum Gasteiger partial charge on any atom is 0.269 e. The molecule has 2 fully saturated rings. The molecule has 142 valence electrons. The van der Waals surface area contributed by atoms with Crippen LogP contribution in [0, 0.1) is 10.1 Å². The van der Waals surface area contributed by atoms with Crippen LogP contribution in [0.2, 0.25) is 0 Å². The van der Waals surface area contributed by atoms with Gasteiger partial charge in [0, 0.05) is 38.3 Å². The number of carbonyl (C=O) groups excluding carboxylic acids is 1. The van der Waals surface area contributed by atoms with E-state index in [1.165, 1.54) is 12.1 Å². The van der Waals surface area contributed by atoms with Crippen LogP contribution in [0.15, 0.2) is 29.2 Å². The summed E-state index contributed by atoms with van der Waals surface area (Å²) in [5.74, 6) is -0.179. The Labute approximate surface area is 152 Å². The molecule has 1 aromatic carbocycles. The molecule has 9 nitrogen and oxygen atoms in total. The van der Waals surface area contributed by atoms with Gasteiger partial charge in [-0.2, -0.15) is 4.72 Å². The third kappa shape index (κ3) is 3.71. The van der Waals surface area contributed by atoms with E-state index in [2.05, 4.69) is 10.0 Å². The zero-order chi connectivity index (χ0) is 18.8. The lowest BCUT2D eigenvalue weighted by Crippen LogP contribution is -2.60. The number of sulfonamides is 1. The van der Waals surface area contributed by atoms with Crippen LogP contribution in [0.3, 0.4) is 0 Å². The van der Waals surface area contributed by atoms with E-state index < -0.39 is 20.5 Å². The summed E-state index contributed by atoms with van der Waals surface area (Å²) in [6, 6.07) is 4.68. The van der Waals surface area contributed by atoms with Gasteiger partial charge in [-0.05, 0) is 25.0 Å². The van der Waals surface area contributed by atoms with E-state index in [9.17, 15) is 23.3 Å². The Morgan fingerprint density at radius 1 is 1.15 bits per heavy atom. The average Bonchev–Trinajstić information content (AvgIpc) is 3.11. The Balaban J connectivity index is 1.84. The SMILES string of the molecule is O=C(N1CCNCC1)C1(NS(=O)(=O)c2ccc([N+](=O)[O-])cc2)CCCC1. The Bertz CT molecular complexity index is 781. The number of nitro benzene ring substituents is 1. The monoisotopic (exact) mass is 382 g/mol. The minimum atomic E-state index is -3.96. The second kappa shape index (κ2) is 7.29. The second-order valence-corrected chi connectivity index (χ2v) is 8.37. The highest BCUT2D eigenvalue weighted by Gasteiger charge is 2.46. The van der Waals surface area contributed by atoms with Crippen LogP contribution < -0.4 is 10.0 Å². The third-order valence-corrected chi connectivity index (χ3v) is 6.51. The molecule has 1 aliphatic carbocycles. The number of non-ortho nitro benzene ring substituents is 1. The maximum absolute atomic E-state index is 13.1. The summed E-state index contributed by atoms with van der Waals surface area (Å²) in [5, 5.41) is 13.9. The van der Waals surface area contributed by atoms with Gasteiger partial charge >= 0.3 is 0 Å². The van der Waals surface area contributed by atoms with Gasteiger partial charge in [-0.25, -0.2) is 8.42 Å². The number of nitro groups is 1. The van der Waals surface area contributed by atoms with Crippen molar-refractivity contribution in [2.24, 2.45) is 0 Å². The number of rotatable bonds is 5. The van der Waals surface area contributed by atoms with Crippen LogP contribution >= 0.6 is 0 Å². The lowest BCUT2D eigenvalue weighted by Gasteiger charge is -2.36. The van der Waals surface area contributed by atoms with Crippen molar-refractivity contribution in [3.63, 3.8) is 0 Å². The Morgan fingerprint density at radius 3 is 2.27 bits per heavy atom. The largest absolute Gasteiger partial charge is 0.339 e. The van der Waals surface area contributed by atoms with Crippen LogP contribution in [-0.4, -0.2) is 55.9 Å².